The Balaban J connectivity index is 3.01. The fourth-order valence-corrected chi connectivity index (χ4v) is 1.40. The lowest BCUT2D eigenvalue weighted by Crippen LogP contribution is -2.24. The van der Waals surface area contributed by atoms with Crippen molar-refractivity contribution in [2.24, 2.45) is 0 Å². The van der Waals surface area contributed by atoms with E-state index >= 15 is 0 Å². The van der Waals surface area contributed by atoms with Crippen LogP contribution in [0.3, 0.4) is 0 Å². The predicted octanol–water partition coefficient (Wildman–Crippen LogP) is 0.901. The number of rotatable bonds is 2. The van der Waals surface area contributed by atoms with E-state index in [2.05, 4.69) is 5.32 Å². The minimum atomic E-state index is -0.429. The van der Waals surface area contributed by atoms with Gasteiger partial charge in [0.25, 0.3) is 0 Å². The van der Waals surface area contributed by atoms with Crippen molar-refractivity contribution >= 4 is 29.1 Å². The number of pyridine rings is 1. The number of nitrogens with one attached hydrogen (secondary N) is 1. The predicted molar refractivity (Wildman–Crippen MR) is 54.8 cm³/mol. The average molecular weight is 235 g/mol. The van der Waals surface area contributed by atoms with Gasteiger partial charge in [0.15, 0.2) is 0 Å². The van der Waals surface area contributed by atoms with Crippen LogP contribution in [0, 0.1) is 0 Å². The molecule has 1 aromatic heterocycles. The Morgan fingerprint density at radius 1 is 1.43 bits per heavy atom. The van der Waals surface area contributed by atoms with Gasteiger partial charge in [-0.1, -0.05) is 23.2 Å². The lowest BCUT2D eigenvalue weighted by atomic mass is 10.4. The van der Waals surface area contributed by atoms with Crippen molar-refractivity contribution in [1.82, 2.24) is 9.88 Å². The van der Waals surface area contributed by atoms with Gasteiger partial charge in [-0.3, -0.25) is 9.59 Å². The first-order valence-corrected chi connectivity index (χ1v) is 4.56. The Labute approximate surface area is 90.4 Å². The highest BCUT2D eigenvalue weighted by molar-refractivity contribution is 6.34. The molecule has 0 saturated carbocycles. The third kappa shape index (κ3) is 2.49. The van der Waals surface area contributed by atoms with Crippen LogP contribution in [-0.4, -0.2) is 17.5 Å². The zero-order valence-electron chi connectivity index (χ0n) is 7.38. The number of carbonyl (C=O) groups excluding carboxylic acids is 1. The van der Waals surface area contributed by atoms with E-state index in [0.717, 1.165) is 0 Å². The summed E-state index contributed by atoms with van der Waals surface area (Å²) in [5, 5.41) is 2.45. The number of likely N-dealkylation sites (N-methyl/N-ethyl adjacent to an activating group) is 1. The molecule has 1 aromatic rings. The van der Waals surface area contributed by atoms with Crippen LogP contribution < -0.4 is 10.7 Å². The molecule has 0 unspecified atom stereocenters. The van der Waals surface area contributed by atoms with Crippen molar-refractivity contribution in [1.29, 1.82) is 0 Å². The number of hydrogen-bond donors (Lipinski definition) is 1. The summed E-state index contributed by atoms with van der Waals surface area (Å²) in [6.45, 7) is 0.0796. The first-order chi connectivity index (χ1) is 6.54. The van der Waals surface area contributed by atoms with Crippen LogP contribution in [0.4, 0.5) is 0 Å². The highest BCUT2D eigenvalue weighted by Gasteiger charge is 2.05. The molecule has 0 spiro atoms. The zero-order valence-corrected chi connectivity index (χ0v) is 8.89. The van der Waals surface area contributed by atoms with E-state index in [1.54, 1.807) is 0 Å². The molecule has 76 valence electrons. The molecular formula is C8H8Cl2N2O2. The smallest absolute Gasteiger partial charge is 0.239 e. The summed E-state index contributed by atoms with van der Waals surface area (Å²) >= 11 is 11.2. The second kappa shape index (κ2) is 4.48. The summed E-state index contributed by atoms with van der Waals surface area (Å²) in [5.41, 5.74) is -0.429. The van der Waals surface area contributed by atoms with Gasteiger partial charge >= 0.3 is 0 Å². The van der Waals surface area contributed by atoms with Crippen molar-refractivity contribution in [3.05, 3.63) is 32.7 Å². The molecule has 1 rings (SSSR count). The molecule has 0 bridgehead atoms. The fraction of sp³-hybridized carbons (Fsp3) is 0.250. The molecule has 0 aliphatic heterocycles. The summed E-state index contributed by atoms with van der Waals surface area (Å²) in [5.74, 6) is -0.194. The summed E-state index contributed by atoms with van der Waals surface area (Å²) < 4.78 is 1.45. The Morgan fingerprint density at radius 3 is 2.36 bits per heavy atom. The average Bonchev–Trinajstić information content (AvgIpc) is 2.14. The first-order valence-electron chi connectivity index (χ1n) is 3.80. The molecule has 14 heavy (non-hydrogen) atoms. The SMILES string of the molecule is CNC(=O)Cn1cc(Cl)c(=O)c(Cl)c1. The molecule has 0 aromatic carbocycles. The third-order valence-corrected chi connectivity index (χ3v) is 2.14. The second-order valence-electron chi connectivity index (χ2n) is 2.63. The highest BCUT2D eigenvalue weighted by atomic mass is 35.5. The van der Waals surface area contributed by atoms with E-state index in [1.165, 1.54) is 24.0 Å². The molecule has 1 amide bonds. The van der Waals surface area contributed by atoms with Gasteiger partial charge in [-0.2, -0.15) is 0 Å². The van der Waals surface area contributed by atoms with Gasteiger partial charge in [-0.05, 0) is 0 Å². The molecule has 0 saturated heterocycles. The van der Waals surface area contributed by atoms with Crippen molar-refractivity contribution in [2.45, 2.75) is 6.54 Å². The summed E-state index contributed by atoms with van der Waals surface area (Å²) in [4.78, 5) is 22.1. The minimum absolute atomic E-state index is 0.00130. The largest absolute Gasteiger partial charge is 0.358 e. The van der Waals surface area contributed by atoms with Gasteiger partial charge in [0.2, 0.25) is 11.3 Å². The molecule has 0 radical (unpaired) electrons. The standard InChI is InChI=1S/C8H8Cl2N2O2/c1-11-7(13)4-12-2-5(9)8(14)6(10)3-12/h2-3H,4H2,1H3,(H,11,13). The van der Waals surface area contributed by atoms with Gasteiger partial charge in [0.1, 0.15) is 16.6 Å². The second-order valence-corrected chi connectivity index (χ2v) is 3.44. The number of halogens is 2. The number of nitrogens with zero attached hydrogens (tertiary/aromatic N) is 1. The third-order valence-electron chi connectivity index (χ3n) is 1.60. The number of aromatic nitrogens is 1. The summed E-state index contributed by atoms with van der Waals surface area (Å²) in [6, 6.07) is 0. The van der Waals surface area contributed by atoms with Gasteiger partial charge < -0.3 is 9.88 Å². The number of hydrogen-bond acceptors (Lipinski definition) is 2. The molecule has 0 fully saturated rings. The summed E-state index contributed by atoms with van der Waals surface area (Å²) in [7, 11) is 1.52. The summed E-state index contributed by atoms with van der Waals surface area (Å²) in [6.07, 6.45) is 2.73. The molecule has 1 heterocycles. The van der Waals surface area contributed by atoms with Crippen LogP contribution in [-0.2, 0) is 11.3 Å². The van der Waals surface area contributed by atoms with E-state index < -0.39 is 5.43 Å². The molecule has 6 heteroatoms. The van der Waals surface area contributed by atoms with Crippen molar-refractivity contribution in [2.75, 3.05) is 7.05 Å². The lowest BCUT2D eigenvalue weighted by Gasteiger charge is -2.05. The van der Waals surface area contributed by atoms with Gasteiger partial charge in [0.05, 0.1) is 0 Å². The molecule has 0 aliphatic rings. The van der Waals surface area contributed by atoms with Crippen LogP contribution in [0.2, 0.25) is 10.0 Å². The van der Waals surface area contributed by atoms with Crippen LogP contribution in [0.25, 0.3) is 0 Å². The van der Waals surface area contributed by atoms with Gasteiger partial charge in [-0.15, -0.1) is 0 Å². The maximum atomic E-state index is 11.1. The first kappa shape index (κ1) is 11.1. The highest BCUT2D eigenvalue weighted by Crippen LogP contribution is 2.07. The number of amides is 1. The topological polar surface area (TPSA) is 51.1 Å². The van der Waals surface area contributed by atoms with Crippen LogP contribution >= 0.6 is 23.2 Å². The van der Waals surface area contributed by atoms with E-state index in [1.807, 2.05) is 0 Å². The zero-order chi connectivity index (χ0) is 10.7. The van der Waals surface area contributed by atoms with E-state index in [4.69, 9.17) is 23.2 Å². The maximum absolute atomic E-state index is 11.1. The van der Waals surface area contributed by atoms with Crippen LogP contribution in [0.5, 0.6) is 0 Å². The van der Waals surface area contributed by atoms with E-state index in [-0.39, 0.29) is 22.5 Å². The van der Waals surface area contributed by atoms with Crippen LogP contribution in [0.1, 0.15) is 0 Å². The van der Waals surface area contributed by atoms with Crippen molar-refractivity contribution in [3.63, 3.8) is 0 Å². The van der Waals surface area contributed by atoms with Gasteiger partial charge in [0, 0.05) is 19.4 Å². The molecule has 1 N–H and O–H groups in total. The Kier molecular flexibility index (Phi) is 3.55. The minimum Gasteiger partial charge on any atom is -0.358 e. The monoisotopic (exact) mass is 234 g/mol. The molecule has 0 aliphatic carbocycles. The fourth-order valence-electron chi connectivity index (χ4n) is 0.896. The van der Waals surface area contributed by atoms with Crippen molar-refractivity contribution in [3.8, 4) is 0 Å². The van der Waals surface area contributed by atoms with Crippen LogP contribution in [0.15, 0.2) is 17.2 Å². The normalized spacial score (nSPS) is 9.93. The molecular weight excluding hydrogens is 227 g/mol. The van der Waals surface area contributed by atoms with Crippen molar-refractivity contribution < 1.29 is 4.79 Å². The quantitative estimate of drug-likeness (QED) is 0.827. The lowest BCUT2D eigenvalue weighted by molar-refractivity contribution is -0.121. The molecule has 4 nitrogen and oxygen atoms in total. The number of carbonyl (C=O) groups is 1. The Hall–Kier alpha value is -1.00. The maximum Gasteiger partial charge on any atom is 0.239 e. The van der Waals surface area contributed by atoms with E-state index in [9.17, 15) is 9.59 Å². The molecule has 0 atom stereocenters. The van der Waals surface area contributed by atoms with Gasteiger partial charge in [-0.25, -0.2) is 0 Å². The van der Waals surface area contributed by atoms with E-state index in [0.29, 0.717) is 0 Å². The Morgan fingerprint density at radius 2 is 1.93 bits per heavy atom. The Bertz CT molecular complexity index is 388.